The molecule has 1 N–H and O–H groups in total. The highest BCUT2D eigenvalue weighted by molar-refractivity contribution is 5.80. The fourth-order valence-electron chi connectivity index (χ4n) is 3.45. The summed E-state index contributed by atoms with van der Waals surface area (Å²) in [6, 6.07) is 4.10. The van der Waals surface area contributed by atoms with Crippen molar-refractivity contribution in [2.45, 2.75) is 45.5 Å². The van der Waals surface area contributed by atoms with Crippen LogP contribution in [0, 0.1) is 5.92 Å². The molecule has 1 aliphatic rings. The molecule has 0 saturated carbocycles. The molecule has 1 unspecified atom stereocenters. The summed E-state index contributed by atoms with van der Waals surface area (Å²) in [5.41, 5.74) is -1.14. The van der Waals surface area contributed by atoms with Crippen molar-refractivity contribution >= 4 is 5.96 Å². The number of alkyl halides is 3. The fourth-order valence-corrected chi connectivity index (χ4v) is 3.45. The monoisotopic (exact) mass is 445 g/mol. The second kappa shape index (κ2) is 11.0. The zero-order valence-electron chi connectivity index (χ0n) is 19.0. The van der Waals surface area contributed by atoms with E-state index in [1.54, 1.807) is 41.0 Å². The molecular weight excluding hydrogens is 411 g/mol. The predicted molar refractivity (Wildman–Crippen MR) is 114 cm³/mol. The van der Waals surface area contributed by atoms with Crippen LogP contribution in [0.4, 0.5) is 13.2 Å². The van der Waals surface area contributed by atoms with E-state index in [4.69, 9.17) is 14.2 Å². The first-order valence-corrected chi connectivity index (χ1v) is 10.4. The molecule has 176 valence electrons. The molecule has 1 aromatic carbocycles. The topological polar surface area (TPSA) is 55.3 Å². The molecular formula is C22H34F3N3O3. The van der Waals surface area contributed by atoms with Gasteiger partial charge in [-0.15, -0.1) is 0 Å². The molecule has 1 aromatic rings. The minimum absolute atomic E-state index is 0.0167. The number of likely N-dealkylation sites (tertiary alicyclic amines) is 1. The molecule has 1 fully saturated rings. The van der Waals surface area contributed by atoms with Crippen LogP contribution < -0.4 is 10.1 Å². The Morgan fingerprint density at radius 3 is 2.58 bits per heavy atom. The molecule has 1 heterocycles. The van der Waals surface area contributed by atoms with Gasteiger partial charge in [0.15, 0.2) is 5.96 Å². The number of nitrogens with one attached hydrogen (secondary N) is 1. The van der Waals surface area contributed by atoms with Gasteiger partial charge in [0.25, 0.3) is 0 Å². The minimum atomic E-state index is -4.48. The Hall–Kier alpha value is -2.00. The lowest BCUT2D eigenvalue weighted by Crippen LogP contribution is -2.40. The second-order valence-corrected chi connectivity index (χ2v) is 8.60. The van der Waals surface area contributed by atoms with Crippen LogP contribution in [0.1, 0.15) is 38.3 Å². The Kier molecular flexibility index (Phi) is 9.00. The van der Waals surface area contributed by atoms with Gasteiger partial charge in [0.2, 0.25) is 0 Å². The molecule has 0 aromatic heterocycles. The van der Waals surface area contributed by atoms with Gasteiger partial charge in [0, 0.05) is 39.7 Å². The van der Waals surface area contributed by atoms with Gasteiger partial charge in [0.05, 0.1) is 25.4 Å². The third-order valence-electron chi connectivity index (χ3n) is 4.83. The standard InChI is InChI=1S/C22H34F3N3O3/c1-21(2,3)31-18-7-6-17(19(12-18)22(23,24)25)13-27-20(26-4)28-9-8-16(14-28)15-30-11-10-29-5/h6-7,12,16H,8-11,13-15H2,1-5H3,(H,26,27). The number of benzene rings is 1. The Balaban J connectivity index is 2.00. The van der Waals surface area contributed by atoms with Crippen molar-refractivity contribution in [3.05, 3.63) is 29.3 Å². The highest BCUT2D eigenvalue weighted by Gasteiger charge is 2.34. The molecule has 0 amide bonds. The largest absolute Gasteiger partial charge is 0.488 e. The number of aliphatic imine (C=N–C) groups is 1. The van der Waals surface area contributed by atoms with E-state index in [2.05, 4.69) is 15.2 Å². The number of guanidine groups is 1. The molecule has 31 heavy (non-hydrogen) atoms. The molecule has 0 bridgehead atoms. The molecule has 6 nitrogen and oxygen atoms in total. The Bertz CT molecular complexity index is 733. The van der Waals surface area contributed by atoms with Crippen LogP contribution in [0.2, 0.25) is 0 Å². The van der Waals surface area contributed by atoms with E-state index in [1.165, 1.54) is 6.07 Å². The van der Waals surface area contributed by atoms with Crippen LogP contribution in [0.5, 0.6) is 5.75 Å². The lowest BCUT2D eigenvalue weighted by Gasteiger charge is -2.24. The van der Waals surface area contributed by atoms with E-state index in [0.29, 0.717) is 31.7 Å². The van der Waals surface area contributed by atoms with Crippen LogP contribution in [0.3, 0.4) is 0 Å². The molecule has 1 atom stereocenters. The SMILES string of the molecule is CN=C(NCc1ccc(OC(C)(C)C)cc1C(F)(F)F)N1CCC(COCCOC)C1. The maximum Gasteiger partial charge on any atom is 0.416 e. The van der Waals surface area contributed by atoms with Crippen molar-refractivity contribution in [3.63, 3.8) is 0 Å². The van der Waals surface area contributed by atoms with Gasteiger partial charge in [-0.1, -0.05) is 6.07 Å². The van der Waals surface area contributed by atoms with Crippen LogP contribution in [0.25, 0.3) is 0 Å². The number of halogens is 3. The van der Waals surface area contributed by atoms with E-state index in [1.807, 2.05) is 0 Å². The Morgan fingerprint density at radius 1 is 1.23 bits per heavy atom. The van der Waals surface area contributed by atoms with Gasteiger partial charge in [-0.3, -0.25) is 4.99 Å². The van der Waals surface area contributed by atoms with Crippen molar-refractivity contribution < 1.29 is 27.4 Å². The molecule has 1 saturated heterocycles. The van der Waals surface area contributed by atoms with Crippen LogP contribution in [0.15, 0.2) is 23.2 Å². The predicted octanol–water partition coefficient (Wildman–Crippen LogP) is 3.94. The number of hydrogen-bond donors (Lipinski definition) is 1. The zero-order valence-corrected chi connectivity index (χ0v) is 19.0. The average Bonchev–Trinajstić information content (AvgIpc) is 3.13. The molecule has 9 heteroatoms. The van der Waals surface area contributed by atoms with Gasteiger partial charge in [-0.25, -0.2) is 0 Å². The van der Waals surface area contributed by atoms with Gasteiger partial charge in [-0.2, -0.15) is 13.2 Å². The molecule has 1 aliphatic heterocycles. The second-order valence-electron chi connectivity index (χ2n) is 8.60. The number of ether oxygens (including phenoxy) is 3. The number of rotatable bonds is 8. The maximum atomic E-state index is 13.6. The van der Waals surface area contributed by atoms with E-state index in [0.717, 1.165) is 25.6 Å². The summed E-state index contributed by atoms with van der Waals surface area (Å²) in [6.45, 7) is 8.67. The smallest absolute Gasteiger partial charge is 0.416 e. The normalized spacial score (nSPS) is 17.9. The lowest BCUT2D eigenvalue weighted by molar-refractivity contribution is -0.138. The summed E-state index contributed by atoms with van der Waals surface area (Å²) < 4.78 is 57.1. The summed E-state index contributed by atoms with van der Waals surface area (Å²) >= 11 is 0. The van der Waals surface area contributed by atoms with Gasteiger partial charge in [0.1, 0.15) is 11.4 Å². The first kappa shape index (κ1) is 25.3. The average molecular weight is 446 g/mol. The van der Waals surface area contributed by atoms with Crippen molar-refractivity contribution in [3.8, 4) is 5.75 Å². The first-order chi connectivity index (χ1) is 14.5. The van der Waals surface area contributed by atoms with E-state index < -0.39 is 17.3 Å². The van der Waals surface area contributed by atoms with E-state index >= 15 is 0 Å². The quantitative estimate of drug-likeness (QED) is 0.373. The van der Waals surface area contributed by atoms with Crippen molar-refractivity contribution in [1.29, 1.82) is 0 Å². The highest BCUT2D eigenvalue weighted by Crippen LogP contribution is 2.35. The summed E-state index contributed by atoms with van der Waals surface area (Å²) in [4.78, 5) is 6.30. The van der Waals surface area contributed by atoms with Gasteiger partial charge in [-0.05, 0) is 44.9 Å². The summed E-state index contributed by atoms with van der Waals surface area (Å²) in [5, 5.41) is 3.08. The van der Waals surface area contributed by atoms with Crippen molar-refractivity contribution in [2.75, 3.05) is 47.1 Å². The van der Waals surface area contributed by atoms with Crippen molar-refractivity contribution in [2.24, 2.45) is 10.9 Å². The van der Waals surface area contributed by atoms with Gasteiger partial charge < -0.3 is 24.4 Å². The van der Waals surface area contributed by atoms with Crippen molar-refractivity contribution in [1.82, 2.24) is 10.2 Å². The lowest BCUT2D eigenvalue weighted by atomic mass is 10.1. The van der Waals surface area contributed by atoms with Gasteiger partial charge >= 0.3 is 6.18 Å². The first-order valence-electron chi connectivity index (χ1n) is 10.4. The van der Waals surface area contributed by atoms with Crippen LogP contribution in [-0.4, -0.2) is 63.5 Å². The Morgan fingerprint density at radius 2 is 1.97 bits per heavy atom. The number of nitrogens with zero attached hydrogens (tertiary/aromatic N) is 2. The fraction of sp³-hybridized carbons (Fsp3) is 0.682. The highest BCUT2D eigenvalue weighted by atomic mass is 19.4. The maximum absolute atomic E-state index is 13.6. The Labute approximate surface area is 182 Å². The van der Waals surface area contributed by atoms with Crippen LogP contribution >= 0.6 is 0 Å². The molecule has 2 rings (SSSR count). The van der Waals surface area contributed by atoms with E-state index in [9.17, 15) is 13.2 Å². The summed E-state index contributed by atoms with van der Waals surface area (Å²) in [6.07, 6.45) is -3.53. The summed E-state index contributed by atoms with van der Waals surface area (Å²) in [7, 11) is 3.27. The zero-order chi connectivity index (χ0) is 23.1. The third-order valence-corrected chi connectivity index (χ3v) is 4.83. The third kappa shape index (κ3) is 8.22. The minimum Gasteiger partial charge on any atom is -0.488 e. The molecule has 0 radical (unpaired) electrons. The molecule has 0 aliphatic carbocycles. The number of hydrogen-bond acceptors (Lipinski definition) is 4. The number of methoxy groups -OCH3 is 1. The summed E-state index contributed by atoms with van der Waals surface area (Å²) in [5.74, 6) is 1.14. The molecule has 0 spiro atoms. The van der Waals surface area contributed by atoms with Crippen LogP contribution in [-0.2, 0) is 22.2 Å². The van der Waals surface area contributed by atoms with E-state index in [-0.39, 0.29) is 17.9 Å².